The highest BCUT2D eigenvalue weighted by molar-refractivity contribution is 5.94. The van der Waals surface area contributed by atoms with E-state index in [4.69, 9.17) is 10.2 Å². The fraction of sp³-hybridized carbons (Fsp3) is 0. The number of primary amides is 1. The quantitative estimate of drug-likeness (QED) is 0.698. The van der Waals surface area contributed by atoms with Gasteiger partial charge in [0.2, 0.25) is 0 Å². The first-order chi connectivity index (χ1) is 7.18. The van der Waals surface area contributed by atoms with Gasteiger partial charge in [0.1, 0.15) is 0 Å². The van der Waals surface area contributed by atoms with Gasteiger partial charge in [-0.05, 0) is 12.1 Å². The van der Waals surface area contributed by atoms with Gasteiger partial charge < -0.3 is 15.3 Å². The number of hydrogen-bond donors (Lipinski definition) is 2. The maximum Gasteiger partial charge on any atom is 0.357 e. The molecule has 2 aromatic rings. The summed E-state index contributed by atoms with van der Waals surface area (Å²) < 4.78 is 4.90. The second-order valence-electron chi connectivity index (χ2n) is 2.80. The van der Waals surface area contributed by atoms with Crippen molar-refractivity contribution in [2.45, 2.75) is 0 Å². The van der Waals surface area contributed by atoms with Crippen LogP contribution in [0.1, 0.15) is 0 Å². The minimum absolute atomic E-state index is 0.0573. The van der Waals surface area contributed by atoms with Crippen molar-refractivity contribution in [2.75, 3.05) is 0 Å². The summed E-state index contributed by atoms with van der Waals surface area (Å²) in [6, 6.07) is 5.92. The van der Waals surface area contributed by atoms with Gasteiger partial charge in [-0.1, -0.05) is 17.2 Å². The summed E-state index contributed by atoms with van der Waals surface area (Å²) in [5, 5.41) is 17.0. The Hall–Kier alpha value is -2.37. The van der Waals surface area contributed by atoms with Crippen molar-refractivity contribution in [3.63, 3.8) is 0 Å². The van der Waals surface area contributed by atoms with E-state index in [1.807, 2.05) is 0 Å². The Kier molecular flexibility index (Phi) is 2.09. The zero-order valence-electron chi connectivity index (χ0n) is 7.54. The molecule has 0 spiro atoms. The SMILES string of the molecule is NC(=O)N=Nc1oc(O)c2ccccc12. The van der Waals surface area contributed by atoms with Gasteiger partial charge in [0.25, 0.3) is 11.8 Å². The number of urea groups is 1. The van der Waals surface area contributed by atoms with Gasteiger partial charge >= 0.3 is 6.03 Å². The summed E-state index contributed by atoms with van der Waals surface area (Å²) in [7, 11) is 0. The molecule has 0 unspecified atom stereocenters. The molecule has 0 fully saturated rings. The number of fused-ring (bicyclic) bond motifs is 1. The lowest BCUT2D eigenvalue weighted by molar-refractivity contribution is 0.255. The molecule has 3 N–H and O–H groups in total. The van der Waals surface area contributed by atoms with E-state index >= 15 is 0 Å². The van der Waals surface area contributed by atoms with Crippen molar-refractivity contribution < 1.29 is 14.3 Å². The van der Waals surface area contributed by atoms with E-state index in [0.29, 0.717) is 10.8 Å². The zero-order chi connectivity index (χ0) is 10.8. The normalized spacial score (nSPS) is 11.2. The van der Waals surface area contributed by atoms with Crippen LogP contribution in [0.25, 0.3) is 10.8 Å². The molecule has 0 aliphatic carbocycles. The second-order valence-corrected chi connectivity index (χ2v) is 2.80. The Balaban J connectivity index is 2.57. The van der Waals surface area contributed by atoms with Crippen LogP contribution >= 0.6 is 0 Å². The molecule has 1 aromatic heterocycles. The monoisotopic (exact) mass is 205 g/mol. The molecule has 0 aliphatic rings. The summed E-state index contributed by atoms with van der Waals surface area (Å²) >= 11 is 0. The summed E-state index contributed by atoms with van der Waals surface area (Å²) in [5.41, 5.74) is 4.79. The van der Waals surface area contributed by atoms with Gasteiger partial charge in [0.05, 0.1) is 10.8 Å². The van der Waals surface area contributed by atoms with Gasteiger partial charge in [-0.3, -0.25) is 0 Å². The molecular formula is C9H7N3O3. The number of carbonyl (C=O) groups excluding carboxylic acids is 1. The van der Waals surface area contributed by atoms with Crippen LogP contribution in [0.15, 0.2) is 38.9 Å². The number of nitrogens with two attached hydrogens (primary N) is 1. The van der Waals surface area contributed by atoms with Crippen molar-refractivity contribution in [3.8, 4) is 5.95 Å². The van der Waals surface area contributed by atoms with Crippen molar-refractivity contribution in [1.29, 1.82) is 0 Å². The van der Waals surface area contributed by atoms with Crippen molar-refractivity contribution >= 4 is 22.7 Å². The lowest BCUT2D eigenvalue weighted by Gasteiger charge is -1.85. The lowest BCUT2D eigenvalue weighted by Crippen LogP contribution is -2.01. The Morgan fingerprint density at radius 2 is 2.00 bits per heavy atom. The first-order valence-electron chi connectivity index (χ1n) is 4.10. The van der Waals surface area contributed by atoms with E-state index in [9.17, 15) is 9.90 Å². The molecule has 15 heavy (non-hydrogen) atoms. The van der Waals surface area contributed by atoms with E-state index in [0.717, 1.165) is 0 Å². The van der Waals surface area contributed by atoms with Gasteiger partial charge in [0, 0.05) is 0 Å². The number of azo groups is 1. The number of hydrogen-bond acceptors (Lipinski definition) is 4. The second kappa shape index (κ2) is 3.41. The Bertz CT molecular complexity index is 545. The Morgan fingerprint density at radius 1 is 1.33 bits per heavy atom. The highest BCUT2D eigenvalue weighted by Crippen LogP contribution is 2.36. The number of nitrogens with zero attached hydrogens (tertiary/aromatic N) is 2. The number of benzene rings is 1. The van der Waals surface area contributed by atoms with Gasteiger partial charge in [0.15, 0.2) is 0 Å². The van der Waals surface area contributed by atoms with Crippen LogP contribution in [0.3, 0.4) is 0 Å². The molecule has 6 nitrogen and oxygen atoms in total. The minimum atomic E-state index is -0.921. The first-order valence-corrected chi connectivity index (χ1v) is 4.10. The Morgan fingerprint density at radius 3 is 2.67 bits per heavy atom. The van der Waals surface area contributed by atoms with Gasteiger partial charge in [-0.2, -0.15) is 0 Å². The molecule has 76 valence electrons. The molecule has 0 saturated carbocycles. The third kappa shape index (κ3) is 1.64. The third-order valence-corrected chi connectivity index (χ3v) is 1.82. The van der Waals surface area contributed by atoms with Crippen LogP contribution in [-0.4, -0.2) is 11.1 Å². The number of furan rings is 1. The first kappa shape index (κ1) is 9.20. The van der Waals surface area contributed by atoms with Gasteiger partial charge in [-0.15, -0.1) is 5.11 Å². The number of rotatable bonds is 1. The predicted octanol–water partition coefficient (Wildman–Crippen LogP) is 2.30. The largest absolute Gasteiger partial charge is 0.480 e. The summed E-state index contributed by atoms with van der Waals surface area (Å²) in [6.07, 6.45) is 0. The third-order valence-electron chi connectivity index (χ3n) is 1.82. The molecule has 0 aliphatic heterocycles. The number of carbonyl (C=O) groups is 1. The average Bonchev–Trinajstić information content (AvgIpc) is 2.54. The van der Waals surface area contributed by atoms with E-state index in [-0.39, 0.29) is 11.8 Å². The van der Waals surface area contributed by atoms with Crippen LogP contribution in [0.4, 0.5) is 10.7 Å². The molecule has 0 bridgehead atoms. The van der Waals surface area contributed by atoms with Gasteiger partial charge in [-0.25, -0.2) is 4.79 Å². The summed E-state index contributed by atoms with van der Waals surface area (Å²) in [4.78, 5) is 10.4. The fourth-order valence-corrected chi connectivity index (χ4v) is 1.23. The van der Waals surface area contributed by atoms with Crippen molar-refractivity contribution in [3.05, 3.63) is 24.3 Å². The molecule has 0 radical (unpaired) electrons. The molecule has 1 heterocycles. The van der Waals surface area contributed by atoms with E-state index in [2.05, 4.69) is 10.2 Å². The van der Waals surface area contributed by atoms with Crippen molar-refractivity contribution in [1.82, 2.24) is 0 Å². The molecule has 2 amide bonds. The van der Waals surface area contributed by atoms with Crippen LogP contribution in [0.5, 0.6) is 5.95 Å². The summed E-state index contributed by atoms with van der Waals surface area (Å²) in [5.74, 6) is -0.203. The van der Waals surface area contributed by atoms with Crippen LogP contribution in [0, 0.1) is 0 Å². The van der Waals surface area contributed by atoms with Crippen LogP contribution in [-0.2, 0) is 0 Å². The summed E-state index contributed by atoms with van der Waals surface area (Å²) in [6.45, 7) is 0. The smallest absolute Gasteiger partial charge is 0.357 e. The number of amides is 2. The Labute approximate surface area is 84.0 Å². The zero-order valence-corrected chi connectivity index (χ0v) is 7.54. The highest BCUT2D eigenvalue weighted by Gasteiger charge is 2.10. The standard InChI is InChI=1S/C9H7N3O3/c10-9(14)12-11-7-5-3-1-2-4-6(5)8(13)15-7/h1-4,13H,(H2,10,14). The maximum absolute atomic E-state index is 10.4. The lowest BCUT2D eigenvalue weighted by atomic mass is 10.2. The molecular weight excluding hydrogens is 198 g/mol. The minimum Gasteiger partial charge on any atom is -0.480 e. The average molecular weight is 205 g/mol. The molecule has 0 atom stereocenters. The maximum atomic E-state index is 10.4. The van der Waals surface area contributed by atoms with E-state index in [1.165, 1.54) is 0 Å². The van der Waals surface area contributed by atoms with Crippen molar-refractivity contribution in [2.24, 2.45) is 16.0 Å². The van der Waals surface area contributed by atoms with Crippen LogP contribution in [0.2, 0.25) is 0 Å². The predicted molar refractivity (Wildman–Crippen MR) is 52.0 cm³/mol. The number of aromatic hydroxyl groups is 1. The van der Waals surface area contributed by atoms with E-state index in [1.54, 1.807) is 24.3 Å². The van der Waals surface area contributed by atoms with E-state index < -0.39 is 6.03 Å². The topological polar surface area (TPSA) is 101 Å². The van der Waals surface area contributed by atoms with Crippen LogP contribution < -0.4 is 5.73 Å². The molecule has 0 saturated heterocycles. The fourth-order valence-electron chi connectivity index (χ4n) is 1.23. The molecule has 6 heteroatoms. The highest BCUT2D eigenvalue weighted by atomic mass is 16.5. The molecule has 1 aromatic carbocycles. The molecule has 2 rings (SSSR count).